The van der Waals surface area contributed by atoms with E-state index in [4.69, 9.17) is 9.47 Å². The Morgan fingerprint density at radius 1 is 1.30 bits per heavy atom. The van der Waals surface area contributed by atoms with E-state index in [1.807, 2.05) is 21.7 Å². The zero-order valence-corrected chi connectivity index (χ0v) is 14.2. The maximum Gasteiger partial charge on any atom is 0.254 e. The minimum absolute atomic E-state index is 0.182. The van der Waals surface area contributed by atoms with Gasteiger partial charge in [0.15, 0.2) is 0 Å². The molecule has 3 atom stereocenters. The molecule has 0 unspecified atom stereocenters. The number of amides is 1. The number of carbonyl (C=O) groups is 1. The molecule has 3 aliphatic rings. The molecule has 3 saturated heterocycles. The summed E-state index contributed by atoms with van der Waals surface area (Å²) in [6.07, 6.45) is 1.40. The number of ether oxygens (including phenoxy) is 2. The van der Waals surface area contributed by atoms with E-state index in [-0.39, 0.29) is 5.91 Å². The molecule has 0 aliphatic carbocycles. The molecule has 0 radical (unpaired) electrons. The number of likely N-dealkylation sites (tertiary alicyclic amines) is 1. The molecule has 1 amide bonds. The molecular weight excluding hydrogens is 312 g/mol. The quantitative estimate of drug-likeness (QED) is 0.840. The maximum atomic E-state index is 12.5. The van der Waals surface area contributed by atoms with Crippen LogP contribution < -0.4 is 0 Å². The number of carbonyl (C=O) groups excluding carboxylic acids is 1. The van der Waals surface area contributed by atoms with E-state index in [1.165, 1.54) is 0 Å². The summed E-state index contributed by atoms with van der Waals surface area (Å²) >= 11 is 1.58. The van der Waals surface area contributed by atoms with Gasteiger partial charge in [0.25, 0.3) is 5.91 Å². The third kappa shape index (κ3) is 3.31. The molecule has 0 N–H and O–H groups in total. The van der Waals surface area contributed by atoms with Gasteiger partial charge in [0.05, 0.1) is 31.5 Å². The molecule has 1 aromatic rings. The Morgan fingerprint density at radius 3 is 2.96 bits per heavy atom. The SMILES string of the molecule is O=C(c1ccsc1)N1CC[C@@H]2[C@@H](CO[C@H]2CN2CCOCC2)C1. The molecule has 3 fully saturated rings. The van der Waals surface area contributed by atoms with E-state index in [9.17, 15) is 4.79 Å². The average molecular weight is 336 g/mol. The lowest BCUT2D eigenvalue weighted by Crippen LogP contribution is -2.47. The van der Waals surface area contributed by atoms with Crippen LogP contribution in [0.25, 0.3) is 0 Å². The number of nitrogens with zero attached hydrogens (tertiary/aromatic N) is 2. The maximum absolute atomic E-state index is 12.5. The summed E-state index contributed by atoms with van der Waals surface area (Å²) in [6.45, 7) is 7.22. The number of thiophene rings is 1. The van der Waals surface area contributed by atoms with Crippen LogP contribution in [-0.4, -0.2) is 74.4 Å². The van der Waals surface area contributed by atoms with Gasteiger partial charge in [-0.1, -0.05) is 0 Å². The summed E-state index contributed by atoms with van der Waals surface area (Å²) < 4.78 is 11.5. The van der Waals surface area contributed by atoms with Crippen LogP contribution in [-0.2, 0) is 9.47 Å². The van der Waals surface area contributed by atoms with Gasteiger partial charge >= 0.3 is 0 Å². The van der Waals surface area contributed by atoms with E-state index in [0.717, 1.165) is 64.5 Å². The highest BCUT2D eigenvalue weighted by molar-refractivity contribution is 7.08. The minimum atomic E-state index is 0.182. The molecule has 1 aromatic heterocycles. The van der Waals surface area contributed by atoms with Crippen molar-refractivity contribution < 1.29 is 14.3 Å². The monoisotopic (exact) mass is 336 g/mol. The zero-order chi connectivity index (χ0) is 15.6. The summed E-state index contributed by atoms with van der Waals surface area (Å²) in [7, 11) is 0. The topological polar surface area (TPSA) is 42.0 Å². The van der Waals surface area contributed by atoms with Crippen LogP contribution in [0.5, 0.6) is 0 Å². The fraction of sp³-hybridized carbons (Fsp3) is 0.706. The summed E-state index contributed by atoms with van der Waals surface area (Å²) in [5, 5.41) is 3.91. The van der Waals surface area contributed by atoms with Gasteiger partial charge in [-0.05, 0) is 23.8 Å². The third-order valence-electron chi connectivity index (χ3n) is 5.39. The van der Waals surface area contributed by atoms with Crippen molar-refractivity contribution in [2.24, 2.45) is 11.8 Å². The first kappa shape index (κ1) is 15.6. The van der Waals surface area contributed by atoms with Crippen molar-refractivity contribution in [2.45, 2.75) is 12.5 Å². The van der Waals surface area contributed by atoms with Crippen molar-refractivity contribution in [3.05, 3.63) is 22.4 Å². The van der Waals surface area contributed by atoms with Gasteiger partial charge in [-0.25, -0.2) is 0 Å². The molecule has 5 nitrogen and oxygen atoms in total. The molecule has 6 heteroatoms. The molecule has 0 bridgehead atoms. The summed E-state index contributed by atoms with van der Waals surface area (Å²) in [5.74, 6) is 1.28. The van der Waals surface area contributed by atoms with Crippen molar-refractivity contribution in [1.29, 1.82) is 0 Å². The predicted molar refractivity (Wildman–Crippen MR) is 88.8 cm³/mol. The lowest BCUT2D eigenvalue weighted by atomic mass is 9.84. The van der Waals surface area contributed by atoms with Gasteiger partial charge in [-0.3, -0.25) is 9.69 Å². The minimum Gasteiger partial charge on any atom is -0.379 e. The van der Waals surface area contributed by atoms with Crippen LogP contribution >= 0.6 is 11.3 Å². The van der Waals surface area contributed by atoms with Crippen LogP contribution in [0, 0.1) is 11.8 Å². The fourth-order valence-corrected chi connectivity index (χ4v) is 4.70. The number of rotatable bonds is 3. The summed E-state index contributed by atoms with van der Waals surface area (Å²) in [5.41, 5.74) is 0.831. The van der Waals surface area contributed by atoms with Crippen LogP contribution in [0.2, 0.25) is 0 Å². The molecule has 0 spiro atoms. The standard InChI is InChI=1S/C17H24N2O3S/c20-17(13-2-8-23-12-13)19-3-1-15-14(9-19)11-22-16(15)10-18-4-6-21-7-5-18/h2,8,12,14-16H,1,3-7,9-11H2/t14-,15-,16+/m1/s1. The highest BCUT2D eigenvalue weighted by Crippen LogP contribution is 2.35. The number of morpholine rings is 1. The van der Waals surface area contributed by atoms with Gasteiger partial charge in [0.2, 0.25) is 0 Å². The Balaban J connectivity index is 1.34. The average Bonchev–Trinajstić information content (AvgIpc) is 3.25. The lowest BCUT2D eigenvalue weighted by Gasteiger charge is -2.37. The van der Waals surface area contributed by atoms with Crippen LogP contribution in [0.3, 0.4) is 0 Å². The Labute approximate surface area is 141 Å². The Hall–Kier alpha value is -0.950. The second kappa shape index (κ2) is 6.89. The first-order chi connectivity index (χ1) is 11.3. The van der Waals surface area contributed by atoms with Gasteiger partial charge < -0.3 is 14.4 Å². The second-order valence-corrected chi connectivity index (χ2v) is 7.54. The first-order valence-corrected chi connectivity index (χ1v) is 9.49. The summed E-state index contributed by atoms with van der Waals surface area (Å²) in [4.78, 5) is 17.0. The molecule has 4 rings (SSSR count). The van der Waals surface area contributed by atoms with Crippen LogP contribution in [0.1, 0.15) is 16.8 Å². The molecule has 3 aliphatic heterocycles. The van der Waals surface area contributed by atoms with E-state index >= 15 is 0 Å². The van der Waals surface area contributed by atoms with Gasteiger partial charge in [0, 0.05) is 44.0 Å². The second-order valence-electron chi connectivity index (χ2n) is 6.76. The fourth-order valence-electron chi connectivity index (χ4n) is 4.07. The van der Waals surface area contributed by atoms with E-state index < -0.39 is 0 Å². The number of hydrogen-bond donors (Lipinski definition) is 0. The zero-order valence-electron chi connectivity index (χ0n) is 13.4. The highest BCUT2D eigenvalue weighted by Gasteiger charge is 2.42. The van der Waals surface area contributed by atoms with Gasteiger partial charge in [-0.15, -0.1) is 0 Å². The van der Waals surface area contributed by atoms with Crippen LogP contribution in [0.15, 0.2) is 16.8 Å². The van der Waals surface area contributed by atoms with Crippen molar-refractivity contribution in [2.75, 3.05) is 52.5 Å². The smallest absolute Gasteiger partial charge is 0.254 e. The molecule has 0 saturated carbocycles. The molecule has 23 heavy (non-hydrogen) atoms. The lowest BCUT2D eigenvalue weighted by molar-refractivity contribution is -0.00251. The van der Waals surface area contributed by atoms with Crippen molar-refractivity contribution in [1.82, 2.24) is 9.80 Å². The molecular formula is C17H24N2O3S. The number of fused-ring (bicyclic) bond motifs is 1. The third-order valence-corrected chi connectivity index (χ3v) is 6.08. The van der Waals surface area contributed by atoms with Crippen molar-refractivity contribution in [3.63, 3.8) is 0 Å². The van der Waals surface area contributed by atoms with E-state index in [2.05, 4.69) is 4.90 Å². The predicted octanol–water partition coefficient (Wildman–Crippen LogP) is 1.56. The Bertz CT molecular complexity index is 530. The summed E-state index contributed by atoms with van der Waals surface area (Å²) in [6, 6.07) is 1.92. The van der Waals surface area contributed by atoms with Gasteiger partial charge in [-0.2, -0.15) is 11.3 Å². The number of hydrogen-bond acceptors (Lipinski definition) is 5. The Morgan fingerprint density at radius 2 is 2.17 bits per heavy atom. The van der Waals surface area contributed by atoms with Gasteiger partial charge in [0.1, 0.15) is 0 Å². The van der Waals surface area contributed by atoms with E-state index in [1.54, 1.807) is 11.3 Å². The molecule has 126 valence electrons. The first-order valence-electron chi connectivity index (χ1n) is 8.54. The van der Waals surface area contributed by atoms with E-state index in [0.29, 0.717) is 17.9 Å². The number of piperidine rings is 1. The molecule has 0 aromatic carbocycles. The largest absolute Gasteiger partial charge is 0.379 e. The van der Waals surface area contributed by atoms with Crippen molar-refractivity contribution in [3.8, 4) is 0 Å². The normalized spacial score (nSPS) is 32.0. The van der Waals surface area contributed by atoms with Crippen molar-refractivity contribution >= 4 is 17.2 Å². The Kier molecular flexibility index (Phi) is 4.66. The molecule has 4 heterocycles. The van der Waals surface area contributed by atoms with Crippen LogP contribution in [0.4, 0.5) is 0 Å². The highest BCUT2D eigenvalue weighted by atomic mass is 32.1.